The van der Waals surface area contributed by atoms with E-state index in [0.717, 1.165) is 6.54 Å². The number of hydrogen-bond acceptors (Lipinski definition) is 2. The van der Waals surface area contributed by atoms with Crippen molar-refractivity contribution in [2.75, 3.05) is 11.4 Å². The standard InChI is InChI=1S/C13H18N2/c1-10(2)13-8-15(9-14-13)12-6-4-11(3)5-7-12/h4-7,9-10,13H,8H2,1-3H3/t13-/m0/s1. The third-order valence-corrected chi connectivity index (χ3v) is 2.92. The Morgan fingerprint density at radius 1 is 1.27 bits per heavy atom. The average Bonchev–Trinajstić information content (AvgIpc) is 2.68. The first-order chi connectivity index (χ1) is 7.16. The highest BCUT2D eigenvalue weighted by molar-refractivity contribution is 5.81. The number of anilines is 1. The molecule has 1 atom stereocenters. The quantitative estimate of drug-likeness (QED) is 0.720. The zero-order valence-corrected chi connectivity index (χ0v) is 9.64. The van der Waals surface area contributed by atoms with E-state index < -0.39 is 0 Å². The maximum Gasteiger partial charge on any atom is 0.0899 e. The molecule has 1 aromatic carbocycles. The first-order valence-electron chi connectivity index (χ1n) is 5.53. The van der Waals surface area contributed by atoms with Crippen LogP contribution in [0.1, 0.15) is 19.4 Å². The van der Waals surface area contributed by atoms with E-state index >= 15 is 0 Å². The monoisotopic (exact) mass is 202 g/mol. The highest BCUT2D eigenvalue weighted by Gasteiger charge is 2.20. The summed E-state index contributed by atoms with van der Waals surface area (Å²) in [5, 5.41) is 0. The Labute approximate surface area is 91.6 Å². The van der Waals surface area contributed by atoms with Crippen LogP contribution in [0.15, 0.2) is 29.3 Å². The van der Waals surface area contributed by atoms with Gasteiger partial charge in [0.2, 0.25) is 0 Å². The lowest BCUT2D eigenvalue weighted by molar-refractivity contribution is 0.521. The number of benzene rings is 1. The molecular formula is C13H18N2. The zero-order valence-electron chi connectivity index (χ0n) is 9.64. The zero-order chi connectivity index (χ0) is 10.8. The molecule has 80 valence electrons. The maximum absolute atomic E-state index is 4.52. The van der Waals surface area contributed by atoms with Gasteiger partial charge in [0, 0.05) is 12.2 Å². The second-order valence-electron chi connectivity index (χ2n) is 4.56. The molecule has 0 amide bonds. The van der Waals surface area contributed by atoms with Crippen molar-refractivity contribution in [1.29, 1.82) is 0 Å². The predicted octanol–water partition coefficient (Wildman–Crippen LogP) is 2.87. The molecule has 0 fully saturated rings. The van der Waals surface area contributed by atoms with Gasteiger partial charge in [-0.2, -0.15) is 0 Å². The minimum absolute atomic E-state index is 0.450. The summed E-state index contributed by atoms with van der Waals surface area (Å²) in [5.74, 6) is 0.622. The van der Waals surface area contributed by atoms with Crippen molar-refractivity contribution in [3.63, 3.8) is 0 Å². The topological polar surface area (TPSA) is 15.6 Å². The van der Waals surface area contributed by atoms with Crippen LogP contribution in [0.3, 0.4) is 0 Å². The van der Waals surface area contributed by atoms with Crippen LogP contribution in [0.2, 0.25) is 0 Å². The molecule has 1 aliphatic rings. The van der Waals surface area contributed by atoms with Crippen molar-refractivity contribution in [2.24, 2.45) is 10.9 Å². The number of hydrogen-bond donors (Lipinski definition) is 0. The molecule has 0 aromatic heterocycles. The fourth-order valence-corrected chi connectivity index (χ4v) is 1.75. The molecular weight excluding hydrogens is 184 g/mol. The predicted molar refractivity (Wildman–Crippen MR) is 65.6 cm³/mol. The van der Waals surface area contributed by atoms with Crippen LogP contribution in [-0.4, -0.2) is 18.9 Å². The summed E-state index contributed by atoms with van der Waals surface area (Å²) >= 11 is 0. The first-order valence-corrected chi connectivity index (χ1v) is 5.53. The van der Waals surface area contributed by atoms with E-state index in [-0.39, 0.29) is 0 Å². The number of aliphatic imine (C=N–C) groups is 1. The molecule has 0 radical (unpaired) electrons. The van der Waals surface area contributed by atoms with Crippen LogP contribution in [0.5, 0.6) is 0 Å². The van der Waals surface area contributed by atoms with E-state index in [1.807, 2.05) is 6.34 Å². The summed E-state index contributed by atoms with van der Waals surface area (Å²) in [6, 6.07) is 9.05. The van der Waals surface area contributed by atoms with Gasteiger partial charge in [-0.15, -0.1) is 0 Å². The SMILES string of the molecule is Cc1ccc(N2C=N[C@H](C(C)C)C2)cc1. The molecule has 0 spiro atoms. The second-order valence-corrected chi connectivity index (χ2v) is 4.56. The summed E-state index contributed by atoms with van der Waals surface area (Å²) in [4.78, 5) is 6.74. The van der Waals surface area contributed by atoms with Gasteiger partial charge < -0.3 is 4.90 Å². The van der Waals surface area contributed by atoms with Gasteiger partial charge in [0.05, 0.1) is 12.4 Å². The maximum atomic E-state index is 4.52. The van der Waals surface area contributed by atoms with Crippen LogP contribution in [0.4, 0.5) is 5.69 Å². The van der Waals surface area contributed by atoms with Gasteiger partial charge in [-0.3, -0.25) is 4.99 Å². The molecule has 2 heteroatoms. The van der Waals surface area contributed by atoms with Crippen LogP contribution >= 0.6 is 0 Å². The third-order valence-electron chi connectivity index (χ3n) is 2.92. The number of rotatable bonds is 2. The summed E-state index contributed by atoms with van der Waals surface area (Å²) in [7, 11) is 0. The van der Waals surface area contributed by atoms with Gasteiger partial charge >= 0.3 is 0 Å². The molecule has 0 N–H and O–H groups in total. The fraction of sp³-hybridized carbons (Fsp3) is 0.462. The Morgan fingerprint density at radius 2 is 1.93 bits per heavy atom. The van der Waals surface area contributed by atoms with Crippen molar-refractivity contribution >= 4 is 12.0 Å². The van der Waals surface area contributed by atoms with E-state index in [1.165, 1.54) is 11.3 Å². The lowest BCUT2D eigenvalue weighted by Crippen LogP contribution is -2.25. The minimum Gasteiger partial charge on any atom is -0.331 e. The van der Waals surface area contributed by atoms with Crippen molar-refractivity contribution in [3.05, 3.63) is 29.8 Å². The smallest absolute Gasteiger partial charge is 0.0899 e. The number of nitrogens with zero attached hydrogens (tertiary/aromatic N) is 2. The molecule has 15 heavy (non-hydrogen) atoms. The van der Waals surface area contributed by atoms with Crippen LogP contribution in [0, 0.1) is 12.8 Å². The van der Waals surface area contributed by atoms with Crippen molar-refractivity contribution in [3.8, 4) is 0 Å². The number of aryl methyl sites for hydroxylation is 1. The molecule has 0 unspecified atom stereocenters. The fourth-order valence-electron chi connectivity index (χ4n) is 1.75. The molecule has 1 aromatic rings. The third kappa shape index (κ3) is 2.20. The van der Waals surface area contributed by atoms with E-state index in [2.05, 4.69) is 54.9 Å². The Hall–Kier alpha value is -1.31. The Kier molecular flexibility index (Phi) is 2.76. The van der Waals surface area contributed by atoms with Crippen LogP contribution in [0.25, 0.3) is 0 Å². The van der Waals surface area contributed by atoms with E-state index in [1.54, 1.807) is 0 Å². The second kappa shape index (κ2) is 4.05. The van der Waals surface area contributed by atoms with Crippen molar-refractivity contribution < 1.29 is 0 Å². The highest BCUT2D eigenvalue weighted by Crippen LogP contribution is 2.20. The molecule has 1 aliphatic heterocycles. The van der Waals surface area contributed by atoms with E-state index in [4.69, 9.17) is 0 Å². The molecule has 0 saturated heterocycles. The summed E-state index contributed by atoms with van der Waals surface area (Å²) in [6.07, 6.45) is 1.97. The minimum atomic E-state index is 0.450. The van der Waals surface area contributed by atoms with Gasteiger partial charge in [0.1, 0.15) is 0 Å². The van der Waals surface area contributed by atoms with Crippen LogP contribution < -0.4 is 4.90 Å². The largest absolute Gasteiger partial charge is 0.331 e. The molecule has 0 saturated carbocycles. The van der Waals surface area contributed by atoms with Crippen molar-refractivity contribution in [1.82, 2.24) is 0 Å². The molecule has 2 rings (SSSR count). The van der Waals surface area contributed by atoms with Crippen LogP contribution in [-0.2, 0) is 0 Å². The molecule has 2 nitrogen and oxygen atoms in total. The summed E-state index contributed by atoms with van der Waals surface area (Å²) in [6.45, 7) is 7.57. The molecule has 0 aliphatic carbocycles. The summed E-state index contributed by atoms with van der Waals surface area (Å²) < 4.78 is 0. The lowest BCUT2D eigenvalue weighted by atomic mass is 10.1. The van der Waals surface area contributed by atoms with Crippen molar-refractivity contribution in [2.45, 2.75) is 26.8 Å². The normalized spacial score (nSPS) is 20.3. The van der Waals surface area contributed by atoms with Gasteiger partial charge in [-0.05, 0) is 25.0 Å². The molecule has 1 heterocycles. The lowest BCUT2D eigenvalue weighted by Gasteiger charge is -2.18. The Balaban J connectivity index is 2.09. The van der Waals surface area contributed by atoms with Gasteiger partial charge in [-0.25, -0.2) is 0 Å². The average molecular weight is 202 g/mol. The Bertz CT molecular complexity index is 351. The highest BCUT2D eigenvalue weighted by atomic mass is 15.2. The van der Waals surface area contributed by atoms with Gasteiger partial charge in [-0.1, -0.05) is 31.5 Å². The van der Waals surface area contributed by atoms with E-state index in [9.17, 15) is 0 Å². The Morgan fingerprint density at radius 3 is 2.47 bits per heavy atom. The van der Waals surface area contributed by atoms with Gasteiger partial charge in [0.15, 0.2) is 0 Å². The van der Waals surface area contributed by atoms with Gasteiger partial charge in [0.25, 0.3) is 0 Å². The van der Waals surface area contributed by atoms with E-state index in [0.29, 0.717) is 12.0 Å². The summed E-state index contributed by atoms with van der Waals surface area (Å²) in [5.41, 5.74) is 2.54. The molecule has 0 bridgehead atoms. The first kappa shape index (κ1) is 10.2.